The normalized spacial score (nSPS) is 15.1. The zero-order valence-electron chi connectivity index (χ0n) is 15.5. The maximum atomic E-state index is 12.8. The summed E-state index contributed by atoms with van der Waals surface area (Å²) in [4.78, 5) is 2.35. The summed E-state index contributed by atoms with van der Waals surface area (Å²) in [7, 11) is 1.96. The first-order valence-corrected chi connectivity index (χ1v) is 10.3. The van der Waals surface area contributed by atoms with Crippen molar-refractivity contribution in [3.8, 4) is 5.75 Å². The Bertz CT molecular complexity index is 878. The van der Waals surface area contributed by atoms with Gasteiger partial charge in [0.15, 0.2) is 0 Å². The molecule has 0 saturated heterocycles. The number of benzene rings is 2. The van der Waals surface area contributed by atoms with Crippen LogP contribution in [0, 0.1) is 0 Å². The minimum Gasteiger partial charge on any atom is -0.497 e. The van der Waals surface area contributed by atoms with E-state index in [0.717, 1.165) is 36.1 Å². The molecule has 0 heterocycles. The lowest BCUT2D eigenvalue weighted by Gasteiger charge is -2.25. The Morgan fingerprint density at radius 2 is 1.88 bits per heavy atom. The molecule has 3 rings (SSSR count). The minimum absolute atomic E-state index is 0.0886. The van der Waals surface area contributed by atoms with Crippen molar-refractivity contribution >= 4 is 10.0 Å². The van der Waals surface area contributed by atoms with Gasteiger partial charge in [-0.15, -0.1) is 0 Å². The quantitative estimate of drug-likeness (QED) is 0.810. The van der Waals surface area contributed by atoms with E-state index in [1.165, 1.54) is 5.56 Å². The summed E-state index contributed by atoms with van der Waals surface area (Å²) in [5.74, 6) is 0.760. The van der Waals surface area contributed by atoms with Crippen molar-refractivity contribution in [2.24, 2.45) is 0 Å². The van der Waals surface area contributed by atoms with Gasteiger partial charge in [-0.25, -0.2) is 13.1 Å². The highest BCUT2D eigenvalue weighted by Crippen LogP contribution is 2.26. The van der Waals surface area contributed by atoms with Crippen LogP contribution in [0.4, 0.5) is 0 Å². The Balaban J connectivity index is 1.78. The van der Waals surface area contributed by atoms with Gasteiger partial charge in [-0.1, -0.05) is 18.2 Å². The van der Waals surface area contributed by atoms with Crippen LogP contribution in [0.1, 0.15) is 29.2 Å². The molecule has 1 unspecified atom stereocenters. The van der Waals surface area contributed by atoms with Gasteiger partial charge < -0.3 is 9.64 Å². The number of ether oxygens (including phenoxy) is 1. The maximum absolute atomic E-state index is 12.8. The van der Waals surface area contributed by atoms with Crippen LogP contribution in [0.3, 0.4) is 0 Å². The predicted molar refractivity (Wildman–Crippen MR) is 103 cm³/mol. The predicted octanol–water partition coefficient (Wildman–Crippen LogP) is 2.77. The van der Waals surface area contributed by atoms with E-state index in [2.05, 4.69) is 4.72 Å². The van der Waals surface area contributed by atoms with Gasteiger partial charge in [0.2, 0.25) is 10.0 Å². The minimum atomic E-state index is -3.54. The largest absolute Gasteiger partial charge is 0.497 e. The van der Waals surface area contributed by atoms with Gasteiger partial charge in [0.1, 0.15) is 5.75 Å². The van der Waals surface area contributed by atoms with Crippen molar-refractivity contribution in [2.75, 3.05) is 27.7 Å². The van der Waals surface area contributed by atoms with Crippen LogP contribution >= 0.6 is 0 Å². The number of likely N-dealkylation sites (N-methyl/N-ethyl adjacent to an activating group) is 1. The molecule has 2 aromatic carbocycles. The number of fused-ring (bicyclic) bond motifs is 1. The van der Waals surface area contributed by atoms with E-state index in [1.807, 2.05) is 55.4 Å². The van der Waals surface area contributed by atoms with E-state index in [4.69, 9.17) is 4.74 Å². The molecule has 0 aromatic heterocycles. The van der Waals surface area contributed by atoms with Crippen molar-refractivity contribution in [1.82, 2.24) is 9.62 Å². The monoisotopic (exact) mass is 374 g/mol. The molecule has 5 nitrogen and oxygen atoms in total. The number of sulfonamides is 1. The fraction of sp³-hybridized carbons (Fsp3) is 0.400. The molecule has 1 aliphatic carbocycles. The topological polar surface area (TPSA) is 58.6 Å². The van der Waals surface area contributed by atoms with Gasteiger partial charge >= 0.3 is 0 Å². The first-order chi connectivity index (χ1) is 12.4. The second-order valence-electron chi connectivity index (χ2n) is 6.89. The standard InChI is InChI=1S/C20H26N2O3S/c1-22(2)20(17-8-5-9-18(12-17)25-3)14-21-26(23,24)19-11-10-15-6-4-7-16(15)13-19/h5,8-13,20-21H,4,6-7,14H2,1-3H3. The Labute approximate surface area is 156 Å². The molecule has 1 N–H and O–H groups in total. The van der Waals surface area contributed by atoms with Gasteiger partial charge in [0, 0.05) is 12.6 Å². The van der Waals surface area contributed by atoms with Crippen molar-refractivity contribution < 1.29 is 13.2 Å². The first-order valence-electron chi connectivity index (χ1n) is 8.82. The van der Waals surface area contributed by atoms with E-state index in [-0.39, 0.29) is 6.04 Å². The molecule has 0 saturated carbocycles. The zero-order valence-corrected chi connectivity index (χ0v) is 16.3. The zero-order chi connectivity index (χ0) is 18.7. The Morgan fingerprint density at radius 3 is 2.62 bits per heavy atom. The summed E-state index contributed by atoms with van der Waals surface area (Å²) >= 11 is 0. The number of rotatable bonds is 7. The molecule has 1 aliphatic rings. The summed E-state index contributed by atoms with van der Waals surface area (Å²) in [6, 6.07) is 13.1. The third kappa shape index (κ3) is 4.09. The number of hydrogen-bond donors (Lipinski definition) is 1. The molecule has 6 heteroatoms. The summed E-state index contributed by atoms with van der Waals surface area (Å²) in [6.07, 6.45) is 3.11. The molecule has 0 amide bonds. The summed E-state index contributed by atoms with van der Waals surface area (Å²) < 4.78 is 33.6. The highest BCUT2D eigenvalue weighted by atomic mass is 32.2. The van der Waals surface area contributed by atoms with E-state index in [9.17, 15) is 8.42 Å². The number of methoxy groups -OCH3 is 1. The molecule has 0 fully saturated rings. The average Bonchev–Trinajstić information content (AvgIpc) is 3.09. The van der Waals surface area contributed by atoms with Gasteiger partial charge in [-0.3, -0.25) is 0 Å². The molecular weight excluding hydrogens is 348 g/mol. The smallest absolute Gasteiger partial charge is 0.240 e. The lowest BCUT2D eigenvalue weighted by Crippen LogP contribution is -2.34. The molecule has 0 bridgehead atoms. The van der Waals surface area contributed by atoms with Crippen LogP contribution in [0.5, 0.6) is 5.75 Å². The number of nitrogens with zero attached hydrogens (tertiary/aromatic N) is 1. The van der Waals surface area contributed by atoms with Crippen LogP contribution in [0.15, 0.2) is 47.4 Å². The third-order valence-electron chi connectivity index (χ3n) is 4.95. The molecule has 0 spiro atoms. The van der Waals surface area contributed by atoms with E-state index >= 15 is 0 Å². The van der Waals surface area contributed by atoms with Crippen LogP contribution < -0.4 is 9.46 Å². The molecule has 2 aromatic rings. The molecule has 0 radical (unpaired) electrons. The second-order valence-corrected chi connectivity index (χ2v) is 8.66. The number of nitrogens with one attached hydrogen (secondary N) is 1. The molecule has 0 aliphatic heterocycles. The lowest BCUT2D eigenvalue weighted by molar-refractivity contribution is 0.298. The lowest BCUT2D eigenvalue weighted by atomic mass is 10.1. The molecular formula is C20H26N2O3S. The van der Waals surface area contributed by atoms with E-state index in [0.29, 0.717) is 11.4 Å². The Hall–Kier alpha value is -1.89. The van der Waals surface area contributed by atoms with Crippen molar-refractivity contribution in [2.45, 2.75) is 30.2 Å². The summed E-state index contributed by atoms with van der Waals surface area (Å²) in [6.45, 7) is 0.291. The Kier molecular flexibility index (Phi) is 5.65. The van der Waals surface area contributed by atoms with E-state index in [1.54, 1.807) is 13.2 Å². The van der Waals surface area contributed by atoms with Gasteiger partial charge in [0.25, 0.3) is 0 Å². The molecule has 1 atom stereocenters. The highest BCUT2D eigenvalue weighted by Gasteiger charge is 2.22. The fourth-order valence-electron chi connectivity index (χ4n) is 3.43. The van der Waals surface area contributed by atoms with Crippen molar-refractivity contribution in [3.63, 3.8) is 0 Å². The van der Waals surface area contributed by atoms with Crippen LogP contribution in [-0.4, -0.2) is 41.1 Å². The van der Waals surface area contributed by atoms with Gasteiger partial charge in [0.05, 0.1) is 12.0 Å². The Morgan fingerprint density at radius 1 is 1.12 bits per heavy atom. The summed E-state index contributed by atoms with van der Waals surface area (Å²) in [5, 5.41) is 0. The second kappa shape index (κ2) is 7.78. The summed E-state index contributed by atoms with van der Waals surface area (Å²) in [5.41, 5.74) is 3.43. The first kappa shape index (κ1) is 18.9. The average molecular weight is 375 g/mol. The maximum Gasteiger partial charge on any atom is 0.240 e. The van der Waals surface area contributed by atoms with E-state index < -0.39 is 10.0 Å². The fourth-order valence-corrected chi connectivity index (χ4v) is 4.52. The van der Waals surface area contributed by atoms with Crippen LogP contribution in [0.25, 0.3) is 0 Å². The van der Waals surface area contributed by atoms with Crippen molar-refractivity contribution in [3.05, 3.63) is 59.2 Å². The molecule has 26 heavy (non-hydrogen) atoms. The van der Waals surface area contributed by atoms with Crippen LogP contribution in [0.2, 0.25) is 0 Å². The SMILES string of the molecule is COc1cccc(C(CNS(=O)(=O)c2ccc3c(c2)CCC3)N(C)C)c1. The third-order valence-corrected chi connectivity index (χ3v) is 6.37. The van der Waals surface area contributed by atoms with Gasteiger partial charge in [-0.2, -0.15) is 0 Å². The van der Waals surface area contributed by atoms with Crippen LogP contribution in [-0.2, 0) is 22.9 Å². The van der Waals surface area contributed by atoms with Crippen molar-refractivity contribution in [1.29, 1.82) is 0 Å². The number of aryl methyl sites for hydroxylation is 2. The highest BCUT2D eigenvalue weighted by molar-refractivity contribution is 7.89. The molecule has 140 valence electrons. The number of hydrogen-bond acceptors (Lipinski definition) is 4. The van der Waals surface area contributed by atoms with Gasteiger partial charge in [-0.05, 0) is 74.3 Å².